The summed E-state index contributed by atoms with van der Waals surface area (Å²) in [5, 5.41) is 4.10. The van der Waals surface area contributed by atoms with E-state index in [0.29, 0.717) is 12.1 Å². The van der Waals surface area contributed by atoms with E-state index in [1.165, 1.54) is 0 Å². The van der Waals surface area contributed by atoms with Crippen LogP contribution in [0.2, 0.25) is 0 Å². The number of nitrogens with one attached hydrogen (secondary N) is 1. The number of likely N-dealkylation sites (tertiary alicyclic amines) is 1. The van der Waals surface area contributed by atoms with Crippen LogP contribution in [0.4, 0.5) is 0 Å². The quantitative estimate of drug-likeness (QED) is 0.908. The summed E-state index contributed by atoms with van der Waals surface area (Å²) >= 11 is 0. The molecule has 1 aromatic carbocycles. The van der Waals surface area contributed by atoms with E-state index < -0.39 is 0 Å². The van der Waals surface area contributed by atoms with Crippen molar-refractivity contribution < 1.29 is 9.59 Å². The summed E-state index contributed by atoms with van der Waals surface area (Å²) in [6.45, 7) is 7.38. The highest BCUT2D eigenvalue weighted by molar-refractivity contribution is 6.07. The first-order valence-electron chi connectivity index (χ1n) is 9.91. The van der Waals surface area contributed by atoms with E-state index in [0.717, 1.165) is 60.0 Å². The van der Waals surface area contributed by atoms with Gasteiger partial charge in [-0.1, -0.05) is 11.6 Å². The SMILES string of the molecule is Cc1ccc2nc(C)c(C)c(C(=O)N[C@@H]3CCCN(C(=O)C4CC4)C3)c2c1. The van der Waals surface area contributed by atoms with Crippen molar-refractivity contribution >= 4 is 22.7 Å². The fraction of sp³-hybridized carbons (Fsp3) is 0.500. The molecule has 1 aliphatic carbocycles. The molecule has 1 N–H and O–H groups in total. The molecule has 4 rings (SSSR count). The lowest BCUT2D eigenvalue weighted by atomic mass is 9.98. The number of nitrogens with zero attached hydrogens (tertiary/aromatic N) is 2. The lowest BCUT2D eigenvalue weighted by molar-refractivity contribution is -0.133. The number of aryl methyl sites for hydroxylation is 2. The van der Waals surface area contributed by atoms with Gasteiger partial charge in [0.05, 0.1) is 11.1 Å². The molecule has 5 nitrogen and oxygen atoms in total. The Morgan fingerprint density at radius 1 is 1.15 bits per heavy atom. The van der Waals surface area contributed by atoms with Crippen molar-refractivity contribution in [3.05, 3.63) is 40.6 Å². The summed E-state index contributed by atoms with van der Waals surface area (Å²) in [6.07, 6.45) is 3.90. The summed E-state index contributed by atoms with van der Waals surface area (Å²) in [5.41, 5.74) is 4.48. The highest BCUT2D eigenvalue weighted by atomic mass is 16.2. The molecule has 2 aromatic rings. The standard InChI is InChI=1S/C22H27N3O2/c1-13-6-9-19-18(11-13)20(14(2)15(3)23-19)21(26)24-17-5-4-10-25(12-17)22(27)16-7-8-16/h6,9,11,16-17H,4-5,7-8,10,12H2,1-3H3,(H,24,26)/t17-/m1/s1. The lowest BCUT2D eigenvalue weighted by Crippen LogP contribution is -2.50. The Labute approximate surface area is 160 Å². The number of fused-ring (bicyclic) bond motifs is 1. The van der Waals surface area contributed by atoms with E-state index in [1.807, 2.05) is 43.9 Å². The van der Waals surface area contributed by atoms with Crippen LogP contribution in [0.15, 0.2) is 18.2 Å². The highest BCUT2D eigenvalue weighted by Gasteiger charge is 2.35. The van der Waals surface area contributed by atoms with Gasteiger partial charge in [0.25, 0.3) is 5.91 Å². The smallest absolute Gasteiger partial charge is 0.252 e. The van der Waals surface area contributed by atoms with Crippen LogP contribution in [0.5, 0.6) is 0 Å². The fourth-order valence-corrected chi connectivity index (χ4v) is 4.03. The Bertz CT molecular complexity index is 917. The minimum absolute atomic E-state index is 0.0154. The van der Waals surface area contributed by atoms with Crippen molar-refractivity contribution in [2.24, 2.45) is 5.92 Å². The minimum atomic E-state index is -0.0562. The number of carbonyl (C=O) groups is 2. The molecule has 1 aliphatic heterocycles. The number of hydrogen-bond donors (Lipinski definition) is 1. The van der Waals surface area contributed by atoms with Gasteiger partial charge in [0.2, 0.25) is 5.91 Å². The van der Waals surface area contributed by atoms with Crippen LogP contribution < -0.4 is 5.32 Å². The van der Waals surface area contributed by atoms with Crippen LogP contribution in [-0.2, 0) is 4.79 Å². The number of hydrogen-bond acceptors (Lipinski definition) is 3. The molecule has 0 bridgehead atoms. The van der Waals surface area contributed by atoms with Gasteiger partial charge in [-0.15, -0.1) is 0 Å². The van der Waals surface area contributed by atoms with Crippen LogP contribution in [0, 0.1) is 26.7 Å². The Morgan fingerprint density at radius 2 is 1.93 bits per heavy atom. The zero-order chi connectivity index (χ0) is 19.1. The molecule has 1 aromatic heterocycles. The van der Waals surface area contributed by atoms with E-state index in [-0.39, 0.29) is 23.8 Å². The second kappa shape index (κ2) is 6.95. The Hall–Kier alpha value is -2.43. The molecular weight excluding hydrogens is 338 g/mol. The number of amides is 2. The van der Waals surface area contributed by atoms with Crippen LogP contribution in [-0.4, -0.2) is 40.8 Å². The number of piperidine rings is 1. The molecule has 2 fully saturated rings. The zero-order valence-corrected chi connectivity index (χ0v) is 16.3. The van der Waals surface area contributed by atoms with Gasteiger partial charge >= 0.3 is 0 Å². The van der Waals surface area contributed by atoms with E-state index in [9.17, 15) is 9.59 Å². The number of benzene rings is 1. The molecule has 2 heterocycles. The first-order valence-corrected chi connectivity index (χ1v) is 9.91. The molecule has 142 valence electrons. The predicted octanol–water partition coefficient (Wildman–Crippen LogP) is 3.29. The van der Waals surface area contributed by atoms with E-state index >= 15 is 0 Å². The number of aromatic nitrogens is 1. The van der Waals surface area contributed by atoms with Gasteiger partial charge < -0.3 is 10.2 Å². The number of rotatable bonds is 3. The highest BCUT2D eigenvalue weighted by Crippen LogP contribution is 2.32. The third-order valence-electron chi connectivity index (χ3n) is 5.85. The van der Waals surface area contributed by atoms with Crippen molar-refractivity contribution in [1.82, 2.24) is 15.2 Å². The summed E-state index contributed by atoms with van der Waals surface area (Å²) in [4.78, 5) is 32.1. The summed E-state index contributed by atoms with van der Waals surface area (Å²) in [5.74, 6) is 0.446. The van der Waals surface area contributed by atoms with Gasteiger partial charge in [-0.2, -0.15) is 0 Å². The molecule has 0 unspecified atom stereocenters. The van der Waals surface area contributed by atoms with Crippen molar-refractivity contribution in [3.63, 3.8) is 0 Å². The van der Waals surface area contributed by atoms with Crippen LogP contribution in [0.1, 0.15) is 52.9 Å². The second-order valence-electron chi connectivity index (χ2n) is 8.09. The van der Waals surface area contributed by atoms with E-state index in [4.69, 9.17) is 0 Å². The third kappa shape index (κ3) is 3.55. The van der Waals surface area contributed by atoms with Crippen molar-refractivity contribution in [3.8, 4) is 0 Å². The van der Waals surface area contributed by atoms with Gasteiger partial charge in [0.1, 0.15) is 0 Å². The van der Waals surface area contributed by atoms with Crippen LogP contribution >= 0.6 is 0 Å². The van der Waals surface area contributed by atoms with Gasteiger partial charge in [0, 0.05) is 36.1 Å². The maximum absolute atomic E-state index is 13.2. The lowest BCUT2D eigenvalue weighted by Gasteiger charge is -2.33. The third-order valence-corrected chi connectivity index (χ3v) is 5.85. The van der Waals surface area contributed by atoms with Gasteiger partial charge in [0.15, 0.2) is 0 Å². The molecule has 1 saturated heterocycles. The normalized spacial score (nSPS) is 20.0. The first-order chi connectivity index (χ1) is 12.9. The topological polar surface area (TPSA) is 62.3 Å². The average Bonchev–Trinajstić information content (AvgIpc) is 3.48. The molecular formula is C22H27N3O2. The van der Waals surface area contributed by atoms with Crippen molar-refractivity contribution in [2.75, 3.05) is 13.1 Å². The van der Waals surface area contributed by atoms with E-state index in [2.05, 4.69) is 10.3 Å². The number of pyridine rings is 1. The van der Waals surface area contributed by atoms with Gasteiger partial charge in [-0.25, -0.2) is 0 Å². The minimum Gasteiger partial charge on any atom is -0.347 e. The second-order valence-corrected chi connectivity index (χ2v) is 8.09. The Balaban J connectivity index is 1.58. The van der Waals surface area contributed by atoms with Crippen LogP contribution in [0.3, 0.4) is 0 Å². The monoisotopic (exact) mass is 365 g/mol. The summed E-state index contributed by atoms with van der Waals surface area (Å²) in [7, 11) is 0. The Kier molecular flexibility index (Phi) is 4.62. The van der Waals surface area contributed by atoms with Crippen molar-refractivity contribution in [1.29, 1.82) is 0 Å². The maximum Gasteiger partial charge on any atom is 0.252 e. The molecule has 27 heavy (non-hydrogen) atoms. The molecule has 5 heteroatoms. The van der Waals surface area contributed by atoms with Crippen molar-refractivity contribution in [2.45, 2.75) is 52.5 Å². The van der Waals surface area contributed by atoms with Gasteiger partial charge in [-0.05, 0) is 64.2 Å². The molecule has 0 spiro atoms. The molecule has 1 atom stereocenters. The predicted molar refractivity (Wildman–Crippen MR) is 106 cm³/mol. The molecule has 2 aliphatic rings. The van der Waals surface area contributed by atoms with Gasteiger partial charge in [-0.3, -0.25) is 14.6 Å². The maximum atomic E-state index is 13.2. The zero-order valence-electron chi connectivity index (χ0n) is 16.3. The van der Waals surface area contributed by atoms with E-state index in [1.54, 1.807) is 0 Å². The average molecular weight is 365 g/mol. The number of carbonyl (C=O) groups excluding carboxylic acids is 2. The fourth-order valence-electron chi connectivity index (χ4n) is 4.03. The summed E-state index contributed by atoms with van der Waals surface area (Å²) < 4.78 is 0. The Morgan fingerprint density at radius 3 is 2.67 bits per heavy atom. The first kappa shape index (κ1) is 18.0. The molecule has 0 radical (unpaired) electrons. The van der Waals surface area contributed by atoms with Crippen LogP contribution in [0.25, 0.3) is 10.9 Å². The molecule has 1 saturated carbocycles. The summed E-state index contributed by atoms with van der Waals surface area (Å²) in [6, 6.07) is 6.05. The largest absolute Gasteiger partial charge is 0.347 e. The molecule has 2 amide bonds.